The van der Waals surface area contributed by atoms with Crippen molar-refractivity contribution in [3.05, 3.63) is 23.8 Å². The summed E-state index contributed by atoms with van der Waals surface area (Å²) in [6, 6.07) is 6.02. The van der Waals surface area contributed by atoms with E-state index >= 15 is 0 Å². The normalized spacial score (nSPS) is 19.6. The average Bonchev–Trinajstić information content (AvgIpc) is 2.40. The minimum Gasteiger partial charge on any atom is -0.399 e. The van der Waals surface area contributed by atoms with Crippen LogP contribution < -0.4 is 10.6 Å². The standard InChI is InChI=1S/C11H14N2O/c1-7-5-9-3-4-10(12)6-11(9)13(7)8(2)14/h3-4,6-7H,5,12H2,1-2H3/t7-/m0/s1. The summed E-state index contributed by atoms with van der Waals surface area (Å²) in [5, 5.41) is 0. The Kier molecular flexibility index (Phi) is 1.95. The van der Waals surface area contributed by atoms with Gasteiger partial charge in [0.1, 0.15) is 0 Å². The molecule has 1 aliphatic heterocycles. The van der Waals surface area contributed by atoms with E-state index in [4.69, 9.17) is 5.73 Å². The van der Waals surface area contributed by atoms with Crippen molar-refractivity contribution in [2.45, 2.75) is 26.3 Å². The van der Waals surface area contributed by atoms with E-state index < -0.39 is 0 Å². The highest BCUT2D eigenvalue weighted by atomic mass is 16.2. The Bertz CT molecular complexity index is 387. The van der Waals surface area contributed by atoms with Crippen LogP contribution in [-0.2, 0) is 11.2 Å². The SMILES string of the molecule is CC(=O)N1c2cc(N)ccc2C[C@@H]1C. The van der Waals surface area contributed by atoms with Crippen molar-refractivity contribution < 1.29 is 4.79 Å². The molecule has 0 spiro atoms. The highest BCUT2D eigenvalue weighted by Gasteiger charge is 2.28. The van der Waals surface area contributed by atoms with E-state index in [1.54, 1.807) is 6.92 Å². The summed E-state index contributed by atoms with van der Waals surface area (Å²) in [5.41, 5.74) is 8.60. The maximum Gasteiger partial charge on any atom is 0.224 e. The molecular weight excluding hydrogens is 176 g/mol. The molecule has 0 unspecified atom stereocenters. The molecule has 0 bridgehead atoms. The van der Waals surface area contributed by atoms with E-state index in [0.717, 1.165) is 12.1 Å². The van der Waals surface area contributed by atoms with Crippen LogP contribution in [0.25, 0.3) is 0 Å². The highest BCUT2D eigenvalue weighted by Crippen LogP contribution is 2.33. The molecule has 2 rings (SSSR count). The Morgan fingerprint density at radius 2 is 2.29 bits per heavy atom. The van der Waals surface area contributed by atoms with Crippen molar-refractivity contribution in [2.24, 2.45) is 0 Å². The van der Waals surface area contributed by atoms with Crippen LogP contribution in [0.2, 0.25) is 0 Å². The van der Waals surface area contributed by atoms with Gasteiger partial charge in [-0.1, -0.05) is 6.07 Å². The summed E-state index contributed by atoms with van der Waals surface area (Å²) in [6.45, 7) is 3.65. The summed E-state index contributed by atoms with van der Waals surface area (Å²) in [4.78, 5) is 13.2. The maximum atomic E-state index is 11.4. The van der Waals surface area contributed by atoms with Crippen LogP contribution >= 0.6 is 0 Å². The summed E-state index contributed by atoms with van der Waals surface area (Å²) in [7, 11) is 0. The first-order valence-electron chi connectivity index (χ1n) is 4.78. The van der Waals surface area contributed by atoms with E-state index in [2.05, 4.69) is 6.92 Å². The first-order chi connectivity index (χ1) is 6.59. The molecule has 1 aromatic carbocycles. The molecule has 1 aromatic rings. The zero-order valence-corrected chi connectivity index (χ0v) is 8.45. The Balaban J connectivity index is 2.49. The highest BCUT2D eigenvalue weighted by molar-refractivity contribution is 5.95. The van der Waals surface area contributed by atoms with Crippen LogP contribution in [0.3, 0.4) is 0 Å². The van der Waals surface area contributed by atoms with Crippen molar-refractivity contribution in [1.82, 2.24) is 0 Å². The second kappa shape index (κ2) is 3.01. The van der Waals surface area contributed by atoms with Crippen LogP contribution in [0.4, 0.5) is 11.4 Å². The first kappa shape index (κ1) is 9.06. The molecule has 74 valence electrons. The maximum absolute atomic E-state index is 11.4. The van der Waals surface area contributed by atoms with Gasteiger partial charge in [-0.25, -0.2) is 0 Å². The third-order valence-corrected chi connectivity index (χ3v) is 2.66. The second-order valence-corrected chi connectivity index (χ2v) is 3.83. The number of carbonyl (C=O) groups is 1. The molecular formula is C11H14N2O. The number of nitrogens with two attached hydrogens (primary N) is 1. The molecule has 1 aliphatic rings. The Morgan fingerprint density at radius 1 is 1.57 bits per heavy atom. The smallest absolute Gasteiger partial charge is 0.224 e. The van der Waals surface area contributed by atoms with Gasteiger partial charge in [0.25, 0.3) is 0 Å². The summed E-state index contributed by atoms with van der Waals surface area (Å²) >= 11 is 0. The molecule has 0 aromatic heterocycles. The number of carbonyl (C=O) groups excluding carboxylic acids is 1. The van der Waals surface area contributed by atoms with Gasteiger partial charge in [0.05, 0.1) is 0 Å². The van der Waals surface area contributed by atoms with E-state index in [1.165, 1.54) is 5.56 Å². The fraction of sp³-hybridized carbons (Fsp3) is 0.364. The van der Waals surface area contributed by atoms with Crippen molar-refractivity contribution in [3.8, 4) is 0 Å². The van der Waals surface area contributed by atoms with Crippen molar-refractivity contribution in [1.29, 1.82) is 0 Å². The van der Waals surface area contributed by atoms with Gasteiger partial charge in [-0.3, -0.25) is 4.79 Å². The molecule has 14 heavy (non-hydrogen) atoms. The first-order valence-corrected chi connectivity index (χ1v) is 4.78. The zero-order valence-electron chi connectivity index (χ0n) is 8.45. The summed E-state index contributed by atoms with van der Waals surface area (Å²) < 4.78 is 0. The van der Waals surface area contributed by atoms with Crippen LogP contribution in [0, 0.1) is 0 Å². The van der Waals surface area contributed by atoms with Crippen LogP contribution in [0.1, 0.15) is 19.4 Å². The lowest BCUT2D eigenvalue weighted by Gasteiger charge is -2.20. The molecule has 3 nitrogen and oxygen atoms in total. The number of hydrogen-bond donors (Lipinski definition) is 1. The third kappa shape index (κ3) is 1.25. The van der Waals surface area contributed by atoms with Gasteiger partial charge in [0.15, 0.2) is 0 Å². The molecule has 1 atom stereocenters. The van der Waals surface area contributed by atoms with E-state index in [0.29, 0.717) is 5.69 Å². The Hall–Kier alpha value is -1.51. The quantitative estimate of drug-likeness (QED) is 0.631. The van der Waals surface area contributed by atoms with Gasteiger partial charge in [0, 0.05) is 24.3 Å². The summed E-state index contributed by atoms with van der Waals surface area (Å²) in [6.07, 6.45) is 0.926. The molecule has 3 heteroatoms. The number of hydrogen-bond acceptors (Lipinski definition) is 2. The number of nitrogens with zero attached hydrogens (tertiary/aromatic N) is 1. The van der Waals surface area contributed by atoms with Gasteiger partial charge in [0.2, 0.25) is 5.91 Å². The lowest BCUT2D eigenvalue weighted by Crippen LogP contribution is -2.33. The topological polar surface area (TPSA) is 46.3 Å². The molecule has 0 radical (unpaired) electrons. The van der Waals surface area contributed by atoms with Crippen molar-refractivity contribution in [2.75, 3.05) is 10.6 Å². The third-order valence-electron chi connectivity index (χ3n) is 2.66. The largest absolute Gasteiger partial charge is 0.399 e. The van der Waals surface area contributed by atoms with Crippen molar-refractivity contribution >= 4 is 17.3 Å². The number of amides is 1. The van der Waals surface area contributed by atoms with E-state index in [-0.39, 0.29) is 11.9 Å². The fourth-order valence-corrected chi connectivity index (χ4v) is 2.10. The van der Waals surface area contributed by atoms with Crippen LogP contribution in [-0.4, -0.2) is 11.9 Å². The van der Waals surface area contributed by atoms with E-state index in [1.807, 2.05) is 23.1 Å². The van der Waals surface area contributed by atoms with Crippen LogP contribution in [0.5, 0.6) is 0 Å². The number of fused-ring (bicyclic) bond motifs is 1. The van der Waals surface area contributed by atoms with Gasteiger partial charge in [-0.15, -0.1) is 0 Å². The van der Waals surface area contributed by atoms with Gasteiger partial charge in [-0.2, -0.15) is 0 Å². The average molecular weight is 190 g/mol. The van der Waals surface area contributed by atoms with E-state index in [9.17, 15) is 4.79 Å². The Labute approximate surface area is 83.5 Å². The summed E-state index contributed by atoms with van der Waals surface area (Å²) in [5.74, 6) is 0.0850. The van der Waals surface area contributed by atoms with Gasteiger partial charge in [-0.05, 0) is 31.0 Å². The minimum atomic E-state index is 0.0850. The molecule has 0 saturated carbocycles. The lowest BCUT2D eigenvalue weighted by molar-refractivity contribution is -0.116. The Morgan fingerprint density at radius 3 is 2.93 bits per heavy atom. The number of rotatable bonds is 0. The lowest BCUT2D eigenvalue weighted by atomic mass is 10.1. The minimum absolute atomic E-state index is 0.0850. The molecule has 2 N–H and O–H groups in total. The monoisotopic (exact) mass is 190 g/mol. The zero-order chi connectivity index (χ0) is 10.3. The number of anilines is 2. The predicted octanol–water partition coefficient (Wildman–Crippen LogP) is 1.57. The molecule has 1 amide bonds. The molecule has 1 heterocycles. The molecule has 0 fully saturated rings. The van der Waals surface area contributed by atoms with Gasteiger partial charge < -0.3 is 10.6 Å². The number of benzene rings is 1. The van der Waals surface area contributed by atoms with Gasteiger partial charge >= 0.3 is 0 Å². The second-order valence-electron chi connectivity index (χ2n) is 3.83. The predicted molar refractivity (Wildman–Crippen MR) is 57.2 cm³/mol. The number of nitrogen functional groups attached to an aromatic ring is 1. The fourth-order valence-electron chi connectivity index (χ4n) is 2.10. The molecule has 0 aliphatic carbocycles. The van der Waals surface area contributed by atoms with Crippen molar-refractivity contribution in [3.63, 3.8) is 0 Å². The van der Waals surface area contributed by atoms with Crippen LogP contribution in [0.15, 0.2) is 18.2 Å². The molecule has 0 saturated heterocycles.